The number of benzene rings is 1. The van der Waals surface area contributed by atoms with Crippen LogP contribution in [-0.2, 0) is 14.8 Å². The fourth-order valence-corrected chi connectivity index (χ4v) is 3.82. The van der Waals surface area contributed by atoms with Crippen molar-refractivity contribution in [1.29, 1.82) is 0 Å². The molecule has 0 unspecified atom stereocenters. The van der Waals surface area contributed by atoms with Crippen LogP contribution in [0.15, 0.2) is 40.8 Å². The number of carbonyl (C=O) groups is 1. The Labute approximate surface area is 162 Å². The summed E-state index contributed by atoms with van der Waals surface area (Å²) >= 11 is 0. The number of nitrogens with one attached hydrogen (secondary N) is 2. The first kappa shape index (κ1) is 22.2. The third-order valence-electron chi connectivity index (χ3n) is 4.17. The summed E-state index contributed by atoms with van der Waals surface area (Å²) in [5.74, 6) is -0.785. The van der Waals surface area contributed by atoms with Crippen molar-refractivity contribution in [2.24, 2.45) is 0 Å². The highest BCUT2D eigenvalue weighted by Gasteiger charge is 2.31. The summed E-state index contributed by atoms with van der Waals surface area (Å²) in [6.45, 7) is 0.399. The van der Waals surface area contributed by atoms with Crippen molar-refractivity contribution in [3.05, 3.63) is 35.9 Å². The van der Waals surface area contributed by atoms with E-state index in [4.69, 9.17) is 0 Å². The minimum absolute atomic E-state index is 0.0342. The first-order valence-electron chi connectivity index (χ1n) is 8.96. The highest BCUT2D eigenvalue weighted by Crippen LogP contribution is 2.23. The van der Waals surface area contributed by atoms with Gasteiger partial charge in [0.05, 0.1) is 4.90 Å². The Morgan fingerprint density at radius 3 is 2.43 bits per heavy atom. The Morgan fingerprint density at radius 2 is 1.82 bits per heavy atom. The molecule has 1 aromatic carbocycles. The average Bonchev–Trinajstić information content (AvgIpc) is 2.61. The highest BCUT2D eigenvalue weighted by molar-refractivity contribution is 7.89. The second-order valence-electron chi connectivity index (χ2n) is 6.38. The summed E-state index contributed by atoms with van der Waals surface area (Å²) in [4.78, 5) is 11.6. The van der Waals surface area contributed by atoms with Crippen LogP contribution in [-0.4, -0.2) is 33.8 Å². The van der Waals surface area contributed by atoms with Crippen molar-refractivity contribution in [3.63, 3.8) is 0 Å². The van der Waals surface area contributed by atoms with Gasteiger partial charge in [-0.1, -0.05) is 11.6 Å². The second-order valence-corrected chi connectivity index (χ2v) is 8.14. The van der Waals surface area contributed by atoms with E-state index in [1.165, 1.54) is 18.4 Å². The number of carbonyl (C=O) groups excluding carboxylic acids is 1. The van der Waals surface area contributed by atoms with Gasteiger partial charge >= 0.3 is 6.36 Å². The van der Waals surface area contributed by atoms with E-state index < -0.39 is 22.1 Å². The van der Waals surface area contributed by atoms with Gasteiger partial charge in [0.25, 0.3) is 0 Å². The number of ether oxygens (including phenoxy) is 1. The quantitative estimate of drug-likeness (QED) is 0.601. The maximum absolute atomic E-state index is 12.1. The van der Waals surface area contributed by atoms with E-state index in [0.717, 1.165) is 43.5 Å². The summed E-state index contributed by atoms with van der Waals surface area (Å²) in [6, 6.07) is 3.83. The number of hydrogen-bond donors (Lipinski definition) is 2. The Hall–Kier alpha value is -2.07. The molecule has 1 amide bonds. The second kappa shape index (κ2) is 9.92. The van der Waals surface area contributed by atoms with E-state index in [1.54, 1.807) is 0 Å². The van der Waals surface area contributed by atoms with E-state index in [2.05, 4.69) is 20.9 Å². The highest BCUT2D eigenvalue weighted by atomic mass is 32.2. The minimum Gasteiger partial charge on any atom is -0.406 e. The van der Waals surface area contributed by atoms with Gasteiger partial charge < -0.3 is 10.1 Å². The fourth-order valence-electron chi connectivity index (χ4n) is 2.79. The van der Waals surface area contributed by atoms with E-state index >= 15 is 0 Å². The van der Waals surface area contributed by atoms with E-state index in [-0.39, 0.29) is 23.8 Å². The first-order valence-corrected chi connectivity index (χ1v) is 10.4. The van der Waals surface area contributed by atoms with Crippen molar-refractivity contribution in [3.8, 4) is 5.75 Å². The van der Waals surface area contributed by atoms with Crippen molar-refractivity contribution in [1.82, 2.24) is 10.0 Å². The molecule has 0 heterocycles. The fraction of sp³-hybridized carbons (Fsp3) is 0.500. The van der Waals surface area contributed by atoms with Crippen LogP contribution in [0.3, 0.4) is 0 Å². The summed E-state index contributed by atoms with van der Waals surface area (Å²) in [5.41, 5.74) is 1.34. The molecule has 2 rings (SSSR count). The van der Waals surface area contributed by atoms with Gasteiger partial charge in [0, 0.05) is 19.5 Å². The number of hydrogen-bond acceptors (Lipinski definition) is 4. The molecule has 0 saturated heterocycles. The molecule has 0 bridgehead atoms. The van der Waals surface area contributed by atoms with Crippen LogP contribution in [0.2, 0.25) is 0 Å². The molecular weight excluding hydrogens is 397 g/mol. The summed E-state index contributed by atoms with van der Waals surface area (Å²) in [5, 5.41) is 2.75. The molecule has 0 fully saturated rings. The number of rotatable bonds is 9. The zero-order valence-electron chi connectivity index (χ0n) is 15.2. The number of amides is 1. The van der Waals surface area contributed by atoms with Gasteiger partial charge in [-0.05, 0) is 56.4 Å². The molecule has 10 heteroatoms. The molecule has 0 spiro atoms. The molecule has 6 nitrogen and oxygen atoms in total. The Bertz CT molecular complexity index is 790. The van der Waals surface area contributed by atoms with Gasteiger partial charge in [-0.3, -0.25) is 4.79 Å². The van der Waals surface area contributed by atoms with Gasteiger partial charge in [0.15, 0.2) is 0 Å². The third kappa shape index (κ3) is 7.89. The van der Waals surface area contributed by atoms with Crippen molar-refractivity contribution in [2.45, 2.75) is 49.8 Å². The largest absolute Gasteiger partial charge is 0.573 e. The number of alkyl halides is 3. The Kier molecular flexibility index (Phi) is 7.88. The van der Waals surface area contributed by atoms with Crippen LogP contribution in [0.25, 0.3) is 0 Å². The first-order chi connectivity index (χ1) is 13.2. The predicted octanol–water partition coefficient (Wildman–Crippen LogP) is 3.26. The van der Waals surface area contributed by atoms with Gasteiger partial charge in [0.2, 0.25) is 15.9 Å². The molecule has 1 aromatic rings. The van der Waals surface area contributed by atoms with Crippen molar-refractivity contribution < 1.29 is 31.1 Å². The lowest BCUT2D eigenvalue weighted by atomic mass is 9.97. The molecule has 156 valence electrons. The normalized spacial score (nSPS) is 15.0. The summed E-state index contributed by atoms with van der Waals surface area (Å²) in [7, 11) is -3.93. The summed E-state index contributed by atoms with van der Waals surface area (Å²) in [6.07, 6.45) is 2.63. The lowest BCUT2D eigenvalue weighted by molar-refractivity contribution is -0.274. The topological polar surface area (TPSA) is 84.5 Å². The molecular formula is C18H23F3N2O4S. The average molecular weight is 420 g/mol. The third-order valence-corrected chi connectivity index (χ3v) is 5.64. The Balaban J connectivity index is 1.73. The molecule has 1 aliphatic carbocycles. The maximum Gasteiger partial charge on any atom is 0.573 e. The van der Waals surface area contributed by atoms with Crippen molar-refractivity contribution in [2.75, 3.05) is 13.1 Å². The molecule has 1 aliphatic rings. The molecule has 2 N–H and O–H groups in total. The van der Waals surface area contributed by atoms with Crippen LogP contribution in [0.1, 0.15) is 38.5 Å². The molecule has 0 radical (unpaired) electrons. The van der Waals surface area contributed by atoms with Gasteiger partial charge in [-0.15, -0.1) is 13.2 Å². The Morgan fingerprint density at radius 1 is 1.11 bits per heavy atom. The smallest absolute Gasteiger partial charge is 0.406 e. The lowest BCUT2D eigenvalue weighted by Crippen LogP contribution is -2.31. The predicted molar refractivity (Wildman–Crippen MR) is 97.1 cm³/mol. The standard InChI is InChI=1S/C18H23F3N2O4S/c19-18(20,21)27-15-6-8-16(9-7-15)28(25,26)23-13-11-17(24)22-12-10-14-4-2-1-3-5-14/h4,6-9,23H,1-3,5,10-13H2,(H,22,24). The van der Waals surface area contributed by atoms with Gasteiger partial charge in [-0.2, -0.15) is 0 Å². The maximum atomic E-state index is 12.1. The zero-order chi connectivity index (χ0) is 20.6. The summed E-state index contributed by atoms with van der Waals surface area (Å²) < 4.78 is 66.5. The van der Waals surface area contributed by atoms with Crippen LogP contribution in [0.5, 0.6) is 5.75 Å². The van der Waals surface area contributed by atoms with Gasteiger partial charge in [0.1, 0.15) is 5.75 Å². The molecule has 28 heavy (non-hydrogen) atoms. The van der Waals surface area contributed by atoms with E-state index in [0.29, 0.717) is 6.54 Å². The van der Waals surface area contributed by atoms with Crippen LogP contribution < -0.4 is 14.8 Å². The van der Waals surface area contributed by atoms with Gasteiger partial charge in [-0.25, -0.2) is 13.1 Å². The molecule has 0 aliphatic heterocycles. The molecule has 0 aromatic heterocycles. The van der Waals surface area contributed by atoms with Crippen LogP contribution in [0, 0.1) is 0 Å². The SMILES string of the molecule is O=C(CCNS(=O)(=O)c1ccc(OC(F)(F)F)cc1)NCCC1=CCCCC1. The number of halogens is 3. The van der Waals surface area contributed by atoms with Crippen LogP contribution >= 0.6 is 0 Å². The van der Waals surface area contributed by atoms with Crippen molar-refractivity contribution >= 4 is 15.9 Å². The molecule has 0 saturated carbocycles. The lowest BCUT2D eigenvalue weighted by Gasteiger charge is -2.13. The number of sulfonamides is 1. The molecule has 0 atom stereocenters. The monoisotopic (exact) mass is 420 g/mol. The number of allylic oxidation sites excluding steroid dienone is 1. The minimum atomic E-state index is -4.85. The zero-order valence-corrected chi connectivity index (χ0v) is 16.0. The van der Waals surface area contributed by atoms with Crippen LogP contribution in [0.4, 0.5) is 13.2 Å². The van der Waals surface area contributed by atoms with E-state index in [1.807, 2.05) is 0 Å². The van der Waals surface area contributed by atoms with E-state index in [9.17, 15) is 26.4 Å².